The van der Waals surface area contributed by atoms with Gasteiger partial charge in [0.25, 0.3) is 0 Å². The minimum atomic E-state index is -0.729. The van der Waals surface area contributed by atoms with Crippen LogP contribution in [0.15, 0.2) is 39.5 Å². The second-order valence-electron chi connectivity index (χ2n) is 6.74. The Kier molecular flexibility index (Phi) is 6.45. The average Bonchev–Trinajstić information content (AvgIpc) is 3.18. The molecule has 4 N–H and O–H groups in total. The predicted molar refractivity (Wildman–Crippen MR) is 106 cm³/mol. The number of rotatable bonds is 5. The van der Waals surface area contributed by atoms with Gasteiger partial charge in [-0.3, -0.25) is 4.79 Å². The zero-order chi connectivity index (χ0) is 20.1. The smallest absolute Gasteiger partial charge is 0.336 e. The van der Waals surface area contributed by atoms with Crippen molar-refractivity contribution in [3.8, 4) is 5.75 Å². The predicted octanol–water partition coefficient (Wildman–Crippen LogP) is 2.30. The molecular weight excluding hydrogens is 384 g/mol. The number of unbranched alkanes of at least 4 members (excludes halogenated alkanes) is 1. The minimum absolute atomic E-state index is 0.0640. The summed E-state index contributed by atoms with van der Waals surface area (Å²) in [5.41, 5.74) is -0.00407. The minimum Gasteiger partial charge on any atom is -0.508 e. The molecular formula is C19H22N2O6S. The van der Waals surface area contributed by atoms with Crippen molar-refractivity contribution in [2.75, 3.05) is 5.75 Å². The number of thioether (sulfide) groups is 1. The zero-order valence-electron chi connectivity index (χ0n) is 15.1. The molecule has 0 bridgehead atoms. The lowest BCUT2D eigenvalue weighted by molar-refractivity contribution is -0.137. The maximum absolute atomic E-state index is 11.1. The van der Waals surface area contributed by atoms with Gasteiger partial charge in [-0.25, -0.2) is 9.59 Å². The van der Waals surface area contributed by atoms with Crippen molar-refractivity contribution in [1.29, 1.82) is 0 Å². The molecule has 1 aromatic carbocycles. The van der Waals surface area contributed by atoms with Gasteiger partial charge in [-0.05, 0) is 31.0 Å². The number of phenolic OH excluding ortho intramolecular Hbond substituents is 1. The van der Waals surface area contributed by atoms with Gasteiger partial charge < -0.3 is 25.3 Å². The van der Waals surface area contributed by atoms with E-state index in [1.54, 1.807) is 18.2 Å². The number of fused-ring (bicyclic) bond motifs is 2. The highest BCUT2D eigenvalue weighted by atomic mass is 32.2. The van der Waals surface area contributed by atoms with Gasteiger partial charge in [0.2, 0.25) is 0 Å². The zero-order valence-corrected chi connectivity index (χ0v) is 15.9. The summed E-state index contributed by atoms with van der Waals surface area (Å²) in [6, 6.07) is 8.09. The number of hydrogen-bond donors (Lipinski definition) is 4. The van der Waals surface area contributed by atoms with Crippen LogP contribution in [0, 0.1) is 0 Å². The Balaban J connectivity index is 0.000000167. The van der Waals surface area contributed by atoms with E-state index < -0.39 is 11.6 Å². The van der Waals surface area contributed by atoms with Crippen molar-refractivity contribution in [3.05, 3.63) is 40.8 Å². The van der Waals surface area contributed by atoms with Crippen LogP contribution >= 0.6 is 11.8 Å². The number of phenols is 1. The third-order valence-electron chi connectivity index (χ3n) is 4.67. The van der Waals surface area contributed by atoms with Crippen LogP contribution in [0.3, 0.4) is 0 Å². The van der Waals surface area contributed by atoms with Crippen molar-refractivity contribution in [1.82, 2.24) is 10.6 Å². The fourth-order valence-electron chi connectivity index (χ4n) is 3.31. The van der Waals surface area contributed by atoms with E-state index in [1.807, 2.05) is 11.8 Å². The van der Waals surface area contributed by atoms with Crippen molar-refractivity contribution in [2.45, 2.75) is 43.0 Å². The van der Waals surface area contributed by atoms with Crippen molar-refractivity contribution >= 4 is 34.7 Å². The van der Waals surface area contributed by atoms with Gasteiger partial charge in [0.05, 0.1) is 12.1 Å². The van der Waals surface area contributed by atoms with Crippen molar-refractivity contribution in [2.24, 2.45) is 0 Å². The summed E-state index contributed by atoms with van der Waals surface area (Å²) in [5.74, 6) is 0.331. The van der Waals surface area contributed by atoms with E-state index >= 15 is 0 Å². The quantitative estimate of drug-likeness (QED) is 0.341. The number of carboxylic acids is 1. The van der Waals surface area contributed by atoms with Crippen LogP contribution in [0.2, 0.25) is 0 Å². The topological polar surface area (TPSA) is 129 Å². The standard InChI is InChI=1S/C10H16N2O3S.C9H6O3/c13-8(14)4-2-1-3-7-9-6(5-16-7)11-10(15)12-9;10-7-3-1-6-2-4-9(11)12-8(6)5-7/h6-7,9H,1-5H2,(H,13,14)(H2,11,12,15);1-5,10H/t6-,7-,9-;/m0./s1. The third kappa shape index (κ3) is 5.19. The van der Waals surface area contributed by atoms with Crippen molar-refractivity contribution < 1.29 is 24.2 Å². The SMILES string of the molecule is O=C(O)CCCC[C@@H]1SC[C@@H]2NC(=O)N[C@@H]21.O=c1ccc2ccc(O)cc2o1. The molecule has 150 valence electrons. The highest BCUT2D eigenvalue weighted by molar-refractivity contribution is 8.00. The summed E-state index contributed by atoms with van der Waals surface area (Å²) in [6.45, 7) is 0. The fraction of sp³-hybridized carbons (Fsp3) is 0.421. The molecule has 8 nitrogen and oxygen atoms in total. The van der Waals surface area contributed by atoms with Gasteiger partial charge in [0.15, 0.2) is 0 Å². The molecule has 0 spiro atoms. The molecule has 2 aliphatic rings. The van der Waals surface area contributed by atoms with E-state index in [2.05, 4.69) is 10.6 Å². The van der Waals surface area contributed by atoms with Gasteiger partial charge in [-0.2, -0.15) is 11.8 Å². The van der Waals surface area contributed by atoms with Crippen molar-refractivity contribution in [3.63, 3.8) is 0 Å². The van der Waals surface area contributed by atoms with E-state index in [1.165, 1.54) is 12.1 Å². The highest BCUT2D eigenvalue weighted by Gasteiger charge is 2.42. The molecule has 3 heterocycles. The second-order valence-corrected chi connectivity index (χ2v) is 8.01. The Morgan fingerprint density at radius 2 is 1.96 bits per heavy atom. The van der Waals surface area contributed by atoms with Gasteiger partial charge in [0.1, 0.15) is 11.3 Å². The van der Waals surface area contributed by atoms with E-state index in [9.17, 15) is 14.4 Å². The Hall–Kier alpha value is -2.68. The van der Waals surface area contributed by atoms with Gasteiger partial charge >= 0.3 is 17.6 Å². The molecule has 1 aromatic heterocycles. The van der Waals surface area contributed by atoms with Crippen LogP contribution in [0.5, 0.6) is 5.75 Å². The Bertz CT molecular complexity index is 915. The molecule has 28 heavy (non-hydrogen) atoms. The summed E-state index contributed by atoms with van der Waals surface area (Å²) in [7, 11) is 0. The molecule has 0 saturated carbocycles. The number of aliphatic carboxylic acids is 1. The fourth-order valence-corrected chi connectivity index (χ4v) is 4.86. The summed E-state index contributed by atoms with van der Waals surface area (Å²) in [5, 5.41) is 24.6. The molecule has 2 aromatic rings. The summed E-state index contributed by atoms with van der Waals surface area (Å²) >= 11 is 1.87. The first-order valence-corrected chi connectivity index (χ1v) is 10.1. The number of carboxylic acid groups (broad SMARTS) is 1. The number of carbonyl (C=O) groups is 2. The average molecular weight is 406 g/mol. The normalized spacial score (nSPS) is 22.7. The number of hydrogen-bond acceptors (Lipinski definition) is 6. The maximum atomic E-state index is 11.1. The molecule has 2 aliphatic heterocycles. The van der Waals surface area contributed by atoms with E-state index in [0.717, 1.165) is 30.4 Å². The molecule has 3 atom stereocenters. The molecule has 2 saturated heterocycles. The lowest BCUT2D eigenvalue weighted by Crippen LogP contribution is -2.36. The lowest BCUT2D eigenvalue weighted by atomic mass is 10.0. The first-order valence-electron chi connectivity index (χ1n) is 9.05. The number of urea groups is 1. The van der Waals surface area contributed by atoms with E-state index in [-0.39, 0.29) is 30.3 Å². The number of amides is 2. The van der Waals surface area contributed by atoms with Gasteiger partial charge in [-0.1, -0.05) is 6.42 Å². The number of carbonyl (C=O) groups excluding carboxylic acids is 1. The van der Waals surface area contributed by atoms with Crippen LogP contribution in [-0.2, 0) is 4.79 Å². The van der Waals surface area contributed by atoms with Crippen LogP contribution in [0.4, 0.5) is 4.79 Å². The number of aromatic hydroxyl groups is 1. The largest absolute Gasteiger partial charge is 0.508 e. The highest BCUT2D eigenvalue weighted by Crippen LogP contribution is 2.33. The summed E-state index contributed by atoms with van der Waals surface area (Å²) < 4.78 is 4.83. The first kappa shape index (κ1) is 20.1. The monoisotopic (exact) mass is 406 g/mol. The van der Waals surface area contributed by atoms with Crippen LogP contribution in [0.25, 0.3) is 11.0 Å². The maximum Gasteiger partial charge on any atom is 0.336 e. The summed E-state index contributed by atoms with van der Waals surface area (Å²) in [6.07, 6.45) is 2.88. The number of benzene rings is 1. The second kappa shape index (κ2) is 9.01. The molecule has 0 aliphatic carbocycles. The first-order chi connectivity index (χ1) is 13.4. The third-order valence-corrected chi connectivity index (χ3v) is 6.18. The molecule has 4 rings (SSSR count). The van der Waals surface area contributed by atoms with Crippen LogP contribution in [0.1, 0.15) is 25.7 Å². The molecule has 2 amide bonds. The Morgan fingerprint density at radius 1 is 1.18 bits per heavy atom. The van der Waals surface area contributed by atoms with Gasteiger partial charge in [0, 0.05) is 34.9 Å². The Morgan fingerprint density at radius 3 is 2.75 bits per heavy atom. The molecule has 2 fully saturated rings. The van der Waals surface area contributed by atoms with Gasteiger partial charge in [-0.15, -0.1) is 0 Å². The summed E-state index contributed by atoms with van der Waals surface area (Å²) in [4.78, 5) is 32.2. The molecule has 0 radical (unpaired) electrons. The van der Waals surface area contributed by atoms with Crippen LogP contribution < -0.4 is 16.3 Å². The van der Waals surface area contributed by atoms with Crippen LogP contribution in [-0.4, -0.2) is 45.3 Å². The molecule has 0 unspecified atom stereocenters. The lowest BCUT2D eigenvalue weighted by Gasteiger charge is -2.16. The van der Waals surface area contributed by atoms with E-state index in [0.29, 0.717) is 10.8 Å². The Labute approximate surface area is 165 Å². The number of nitrogens with one attached hydrogen (secondary N) is 2. The van der Waals surface area contributed by atoms with E-state index in [4.69, 9.17) is 14.6 Å². The molecule has 9 heteroatoms.